The monoisotopic (exact) mass is 429 g/mol. The predicted octanol–water partition coefficient (Wildman–Crippen LogP) is 4.07. The molecule has 0 bridgehead atoms. The van der Waals surface area contributed by atoms with Crippen molar-refractivity contribution in [1.82, 2.24) is 15.0 Å². The van der Waals surface area contributed by atoms with Crippen molar-refractivity contribution in [1.29, 1.82) is 0 Å². The molecule has 0 radical (unpaired) electrons. The number of amides is 2. The Balaban J connectivity index is 1.52. The smallest absolute Gasteiger partial charge is 0.253 e. The molecule has 2 aromatic rings. The molecule has 162 valence electrons. The lowest BCUT2D eigenvalue weighted by atomic mass is 10.0. The van der Waals surface area contributed by atoms with Crippen LogP contribution in [0.2, 0.25) is 0 Å². The van der Waals surface area contributed by atoms with Crippen LogP contribution in [-0.2, 0) is 10.5 Å². The summed E-state index contributed by atoms with van der Waals surface area (Å²) >= 11 is 1.61. The van der Waals surface area contributed by atoms with Crippen LogP contribution >= 0.6 is 11.8 Å². The molecule has 6 nitrogen and oxygen atoms in total. The zero-order valence-corrected chi connectivity index (χ0v) is 18.9. The molecule has 2 heterocycles. The van der Waals surface area contributed by atoms with E-state index in [1.165, 1.54) is 0 Å². The van der Waals surface area contributed by atoms with Crippen LogP contribution in [0, 0.1) is 13.8 Å². The summed E-state index contributed by atoms with van der Waals surface area (Å²) in [5.74, 6) is 2.27. The number of hydrogen-bond acceptors (Lipinski definition) is 5. The summed E-state index contributed by atoms with van der Waals surface area (Å²) in [6, 6.07) is 9.62. The average Bonchev–Trinajstić information content (AvgIpc) is 3.10. The molecule has 1 aliphatic rings. The summed E-state index contributed by atoms with van der Waals surface area (Å²) < 4.78 is 5.20. The van der Waals surface area contributed by atoms with E-state index >= 15 is 0 Å². The number of nitrogens with zero attached hydrogens (tertiary/aromatic N) is 3. The van der Waals surface area contributed by atoms with E-state index in [1.54, 1.807) is 11.8 Å². The third-order valence-electron chi connectivity index (χ3n) is 5.65. The number of aryl methyl sites for hydroxylation is 2. The van der Waals surface area contributed by atoms with Crippen LogP contribution in [0.15, 0.2) is 34.9 Å². The Bertz CT molecular complexity index is 825. The molecule has 0 N–H and O–H groups in total. The molecule has 3 rings (SSSR count). The Kier molecular flexibility index (Phi) is 7.96. The predicted molar refractivity (Wildman–Crippen MR) is 120 cm³/mol. The van der Waals surface area contributed by atoms with Gasteiger partial charge < -0.3 is 14.3 Å². The second-order valence-electron chi connectivity index (χ2n) is 7.77. The number of piperidine rings is 1. The number of benzene rings is 1. The molecule has 1 aromatic carbocycles. The highest BCUT2D eigenvalue weighted by atomic mass is 32.2. The lowest BCUT2D eigenvalue weighted by molar-refractivity contribution is -0.131. The highest BCUT2D eigenvalue weighted by molar-refractivity contribution is 7.99. The number of carbonyl (C=O) groups excluding carboxylic acids is 2. The molecule has 0 spiro atoms. The van der Waals surface area contributed by atoms with Gasteiger partial charge in [-0.1, -0.05) is 30.3 Å². The SMILES string of the molecule is CCCN(C(=O)CSCc1c(C)noc1C)C1CCN(C(=O)c2ccccc2)CC1. The quantitative estimate of drug-likeness (QED) is 0.633. The highest BCUT2D eigenvalue weighted by Gasteiger charge is 2.29. The first-order chi connectivity index (χ1) is 14.5. The second kappa shape index (κ2) is 10.7. The molecule has 1 aliphatic heterocycles. The summed E-state index contributed by atoms with van der Waals surface area (Å²) in [6.45, 7) is 8.09. The molecule has 1 saturated heterocycles. The van der Waals surface area contributed by atoms with Gasteiger partial charge in [-0.3, -0.25) is 9.59 Å². The van der Waals surface area contributed by atoms with Gasteiger partial charge in [-0.2, -0.15) is 0 Å². The van der Waals surface area contributed by atoms with Crippen LogP contribution in [0.4, 0.5) is 0 Å². The molecule has 1 fully saturated rings. The Morgan fingerprint density at radius 1 is 1.20 bits per heavy atom. The summed E-state index contributed by atoms with van der Waals surface area (Å²) in [7, 11) is 0. The van der Waals surface area contributed by atoms with Crippen LogP contribution in [0.1, 0.15) is 53.6 Å². The second-order valence-corrected chi connectivity index (χ2v) is 8.76. The maximum Gasteiger partial charge on any atom is 0.253 e. The fourth-order valence-electron chi connectivity index (χ4n) is 3.93. The van der Waals surface area contributed by atoms with E-state index in [0.717, 1.165) is 54.1 Å². The summed E-state index contributed by atoms with van der Waals surface area (Å²) in [4.78, 5) is 29.6. The van der Waals surface area contributed by atoms with Crippen LogP contribution in [0.25, 0.3) is 0 Å². The van der Waals surface area contributed by atoms with E-state index in [1.807, 2.05) is 54.0 Å². The van der Waals surface area contributed by atoms with Gasteiger partial charge in [-0.05, 0) is 45.2 Å². The highest BCUT2D eigenvalue weighted by Crippen LogP contribution is 2.23. The van der Waals surface area contributed by atoms with Gasteiger partial charge in [-0.15, -0.1) is 11.8 Å². The van der Waals surface area contributed by atoms with E-state index < -0.39 is 0 Å². The first-order valence-corrected chi connectivity index (χ1v) is 11.8. The van der Waals surface area contributed by atoms with Crippen LogP contribution in [-0.4, -0.2) is 58.2 Å². The van der Waals surface area contributed by atoms with Crippen molar-refractivity contribution in [3.05, 3.63) is 52.9 Å². The van der Waals surface area contributed by atoms with E-state index in [-0.39, 0.29) is 17.9 Å². The van der Waals surface area contributed by atoms with Crippen LogP contribution in [0.5, 0.6) is 0 Å². The number of likely N-dealkylation sites (tertiary alicyclic amines) is 1. The van der Waals surface area contributed by atoms with E-state index in [9.17, 15) is 9.59 Å². The van der Waals surface area contributed by atoms with Gasteiger partial charge in [0, 0.05) is 42.6 Å². The third-order valence-corrected chi connectivity index (χ3v) is 6.60. The summed E-state index contributed by atoms with van der Waals surface area (Å²) in [5, 5.41) is 3.98. The zero-order valence-electron chi connectivity index (χ0n) is 18.1. The van der Waals surface area contributed by atoms with Crippen molar-refractivity contribution < 1.29 is 14.1 Å². The van der Waals surface area contributed by atoms with Gasteiger partial charge in [0.25, 0.3) is 5.91 Å². The number of carbonyl (C=O) groups is 2. The summed E-state index contributed by atoms with van der Waals surface area (Å²) in [5.41, 5.74) is 2.71. The first kappa shape index (κ1) is 22.4. The zero-order chi connectivity index (χ0) is 21.5. The molecular formula is C23H31N3O3S. The molecule has 1 aromatic heterocycles. The molecule has 0 aliphatic carbocycles. The van der Waals surface area contributed by atoms with E-state index in [2.05, 4.69) is 12.1 Å². The molecule has 0 atom stereocenters. The van der Waals surface area contributed by atoms with Crippen molar-refractivity contribution >= 4 is 23.6 Å². The van der Waals surface area contributed by atoms with Crippen LogP contribution in [0.3, 0.4) is 0 Å². The molecule has 30 heavy (non-hydrogen) atoms. The third kappa shape index (κ3) is 5.45. The van der Waals surface area contributed by atoms with Gasteiger partial charge in [0.15, 0.2) is 0 Å². The van der Waals surface area contributed by atoms with Gasteiger partial charge in [-0.25, -0.2) is 0 Å². The lowest BCUT2D eigenvalue weighted by Gasteiger charge is -2.38. The van der Waals surface area contributed by atoms with Crippen molar-refractivity contribution in [2.24, 2.45) is 0 Å². The Hall–Kier alpha value is -2.28. The van der Waals surface area contributed by atoms with Gasteiger partial charge in [0.1, 0.15) is 5.76 Å². The molecular weight excluding hydrogens is 398 g/mol. The number of aromatic nitrogens is 1. The van der Waals surface area contributed by atoms with Gasteiger partial charge >= 0.3 is 0 Å². The number of hydrogen-bond donors (Lipinski definition) is 0. The topological polar surface area (TPSA) is 66.7 Å². The minimum Gasteiger partial charge on any atom is -0.361 e. The van der Waals surface area contributed by atoms with Crippen molar-refractivity contribution in [2.75, 3.05) is 25.4 Å². The lowest BCUT2D eigenvalue weighted by Crippen LogP contribution is -2.49. The Morgan fingerprint density at radius 2 is 1.90 bits per heavy atom. The number of thioether (sulfide) groups is 1. The van der Waals surface area contributed by atoms with Crippen molar-refractivity contribution in [3.8, 4) is 0 Å². The minimum absolute atomic E-state index is 0.0810. The van der Waals surface area contributed by atoms with Crippen molar-refractivity contribution in [2.45, 2.75) is 51.8 Å². The average molecular weight is 430 g/mol. The molecule has 7 heteroatoms. The number of rotatable bonds is 8. The molecule has 0 unspecified atom stereocenters. The van der Waals surface area contributed by atoms with Gasteiger partial charge in [0.2, 0.25) is 5.91 Å². The maximum absolute atomic E-state index is 13.0. The fraction of sp³-hybridized carbons (Fsp3) is 0.522. The van der Waals surface area contributed by atoms with Crippen LogP contribution < -0.4 is 0 Å². The molecule has 0 saturated carbocycles. The maximum atomic E-state index is 13.0. The van der Waals surface area contributed by atoms with E-state index in [0.29, 0.717) is 18.8 Å². The van der Waals surface area contributed by atoms with E-state index in [4.69, 9.17) is 4.52 Å². The minimum atomic E-state index is 0.0810. The Labute approximate surface area is 183 Å². The molecule has 2 amide bonds. The summed E-state index contributed by atoms with van der Waals surface area (Å²) in [6.07, 6.45) is 2.60. The standard InChI is InChI=1S/C23H31N3O3S/c1-4-12-26(22(27)16-30-15-21-17(2)24-29-18(21)3)20-10-13-25(14-11-20)23(28)19-8-6-5-7-9-19/h5-9,20H,4,10-16H2,1-3H3. The Morgan fingerprint density at radius 3 is 2.50 bits per heavy atom. The van der Waals surface area contributed by atoms with Crippen molar-refractivity contribution in [3.63, 3.8) is 0 Å². The van der Waals surface area contributed by atoms with Gasteiger partial charge in [0.05, 0.1) is 11.4 Å². The normalized spacial score (nSPS) is 14.7. The fourth-order valence-corrected chi connectivity index (χ4v) is 4.99. The first-order valence-electron chi connectivity index (χ1n) is 10.6. The largest absolute Gasteiger partial charge is 0.361 e.